The third-order valence-corrected chi connectivity index (χ3v) is 1.28. The Labute approximate surface area is 53.9 Å². The van der Waals surface area contributed by atoms with Gasteiger partial charge in [0.1, 0.15) is 6.10 Å². The molecular weight excluding hydrogens is 118 g/mol. The molecule has 0 saturated carbocycles. The highest BCUT2D eigenvalue weighted by atomic mass is 16.6. The van der Waals surface area contributed by atoms with Crippen LogP contribution in [0.3, 0.4) is 0 Å². The number of likely N-dealkylation sites (N-methyl/N-ethyl adjacent to an activating group) is 1. The molecule has 1 fully saturated rings. The zero-order chi connectivity index (χ0) is 6.85. The fourth-order valence-corrected chi connectivity index (χ4v) is 0.724. The number of ether oxygens (including phenoxy) is 1. The molecule has 1 heterocycles. The zero-order valence-corrected chi connectivity index (χ0v) is 5.33. The number of cyclic esters (lactones) is 1. The summed E-state index contributed by atoms with van der Waals surface area (Å²) < 4.78 is 4.79. The molecule has 0 aromatic carbocycles. The lowest BCUT2D eigenvalue weighted by Gasteiger charge is -1.99. The molecule has 0 bridgehead atoms. The first-order valence-electron chi connectivity index (χ1n) is 2.78. The smallest absolute Gasteiger partial charge is 0.410 e. The number of rotatable bonds is 1. The minimum Gasteiger partial charge on any atom is -0.440 e. The van der Waals surface area contributed by atoms with Gasteiger partial charge in [-0.1, -0.05) is 6.58 Å². The second kappa shape index (κ2) is 2.09. The van der Waals surface area contributed by atoms with E-state index < -0.39 is 0 Å². The lowest BCUT2D eigenvalue weighted by molar-refractivity contribution is 0.149. The van der Waals surface area contributed by atoms with Crippen LogP contribution < -0.4 is 0 Å². The number of carbonyl (C=O) groups excluding carboxylic acids is 1. The quantitative estimate of drug-likeness (QED) is 0.483. The van der Waals surface area contributed by atoms with E-state index in [0.29, 0.717) is 6.54 Å². The van der Waals surface area contributed by atoms with Crippen molar-refractivity contribution in [3.8, 4) is 0 Å². The maximum atomic E-state index is 10.6. The summed E-state index contributed by atoms with van der Waals surface area (Å²) in [6, 6.07) is 0. The Bertz CT molecular complexity index is 144. The summed E-state index contributed by atoms with van der Waals surface area (Å²) in [5, 5.41) is 0. The van der Waals surface area contributed by atoms with Crippen LogP contribution in [0.25, 0.3) is 0 Å². The van der Waals surface area contributed by atoms with E-state index in [0.717, 1.165) is 0 Å². The summed E-state index contributed by atoms with van der Waals surface area (Å²) in [6.07, 6.45) is 1.25. The van der Waals surface area contributed by atoms with Crippen molar-refractivity contribution < 1.29 is 9.53 Å². The molecule has 0 aliphatic carbocycles. The third kappa shape index (κ3) is 1.04. The molecule has 50 valence electrons. The van der Waals surface area contributed by atoms with Gasteiger partial charge in [0.25, 0.3) is 0 Å². The van der Waals surface area contributed by atoms with Gasteiger partial charge in [0, 0.05) is 7.05 Å². The van der Waals surface area contributed by atoms with E-state index >= 15 is 0 Å². The second-order valence-electron chi connectivity index (χ2n) is 2.04. The first-order valence-corrected chi connectivity index (χ1v) is 2.78. The third-order valence-electron chi connectivity index (χ3n) is 1.28. The van der Waals surface area contributed by atoms with Crippen LogP contribution in [0.15, 0.2) is 12.7 Å². The van der Waals surface area contributed by atoms with E-state index in [-0.39, 0.29) is 12.2 Å². The van der Waals surface area contributed by atoms with Crippen molar-refractivity contribution in [2.24, 2.45) is 0 Å². The van der Waals surface area contributed by atoms with Gasteiger partial charge in [-0.25, -0.2) is 4.79 Å². The molecule has 9 heavy (non-hydrogen) atoms. The van der Waals surface area contributed by atoms with E-state index in [2.05, 4.69) is 6.58 Å². The molecule has 3 nitrogen and oxygen atoms in total. The molecular formula is C6H9NO2. The Morgan fingerprint density at radius 1 is 2.00 bits per heavy atom. The molecule has 0 radical (unpaired) electrons. The lowest BCUT2D eigenvalue weighted by Crippen LogP contribution is -2.18. The maximum Gasteiger partial charge on any atom is 0.410 e. The van der Waals surface area contributed by atoms with Crippen LogP contribution in [-0.2, 0) is 4.74 Å². The van der Waals surface area contributed by atoms with Gasteiger partial charge in [-0.3, -0.25) is 0 Å². The highest BCUT2D eigenvalue weighted by Gasteiger charge is 2.25. The average molecular weight is 127 g/mol. The lowest BCUT2D eigenvalue weighted by atomic mass is 10.3. The number of amides is 1. The molecule has 1 unspecified atom stereocenters. The van der Waals surface area contributed by atoms with Crippen molar-refractivity contribution in [2.75, 3.05) is 13.6 Å². The fraction of sp³-hybridized carbons (Fsp3) is 0.500. The Morgan fingerprint density at radius 3 is 2.89 bits per heavy atom. The standard InChI is InChI=1S/C6H9NO2/c1-3-5-4-7(2)6(8)9-5/h3,5H,1,4H2,2H3. The molecule has 1 aliphatic heterocycles. The molecule has 1 amide bonds. The molecule has 0 aromatic heterocycles. The van der Waals surface area contributed by atoms with Crippen molar-refractivity contribution in [1.29, 1.82) is 0 Å². The Morgan fingerprint density at radius 2 is 2.67 bits per heavy atom. The number of carbonyl (C=O) groups is 1. The maximum absolute atomic E-state index is 10.6. The summed E-state index contributed by atoms with van der Waals surface area (Å²) in [4.78, 5) is 12.1. The van der Waals surface area contributed by atoms with Crippen LogP contribution in [0.4, 0.5) is 4.79 Å². The second-order valence-corrected chi connectivity index (χ2v) is 2.04. The Balaban J connectivity index is 2.53. The van der Waals surface area contributed by atoms with Gasteiger partial charge in [-0.05, 0) is 6.08 Å². The predicted octanol–water partition coefficient (Wildman–Crippen LogP) is 0.623. The van der Waals surface area contributed by atoms with Crippen molar-refractivity contribution in [2.45, 2.75) is 6.10 Å². The van der Waals surface area contributed by atoms with Gasteiger partial charge in [0.2, 0.25) is 0 Å². The summed E-state index contributed by atoms with van der Waals surface area (Å²) in [5.74, 6) is 0. The van der Waals surface area contributed by atoms with Gasteiger partial charge in [0.15, 0.2) is 0 Å². The largest absolute Gasteiger partial charge is 0.440 e. The predicted molar refractivity (Wildman–Crippen MR) is 33.1 cm³/mol. The topological polar surface area (TPSA) is 29.5 Å². The van der Waals surface area contributed by atoms with Gasteiger partial charge in [-0.2, -0.15) is 0 Å². The van der Waals surface area contributed by atoms with Crippen molar-refractivity contribution >= 4 is 6.09 Å². The number of nitrogens with zero attached hydrogens (tertiary/aromatic N) is 1. The monoisotopic (exact) mass is 127 g/mol. The minimum atomic E-state index is -0.264. The number of hydrogen-bond donors (Lipinski definition) is 0. The molecule has 1 atom stereocenters. The zero-order valence-electron chi connectivity index (χ0n) is 5.33. The summed E-state index contributed by atoms with van der Waals surface area (Å²) in [5.41, 5.74) is 0. The first kappa shape index (κ1) is 6.13. The molecule has 1 rings (SSSR count). The summed E-state index contributed by atoms with van der Waals surface area (Å²) in [7, 11) is 1.70. The Hall–Kier alpha value is -0.990. The van der Waals surface area contributed by atoms with Crippen LogP contribution in [-0.4, -0.2) is 30.7 Å². The van der Waals surface area contributed by atoms with Crippen molar-refractivity contribution in [3.05, 3.63) is 12.7 Å². The van der Waals surface area contributed by atoms with E-state index in [1.54, 1.807) is 13.1 Å². The summed E-state index contributed by atoms with van der Waals surface area (Å²) >= 11 is 0. The summed E-state index contributed by atoms with van der Waals surface area (Å²) in [6.45, 7) is 4.14. The van der Waals surface area contributed by atoms with Crippen LogP contribution in [0.1, 0.15) is 0 Å². The van der Waals surface area contributed by atoms with Crippen LogP contribution >= 0.6 is 0 Å². The highest BCUT2D eigenvalue weighted by molar-refractivity contribution is 5.69. The minimum absolute atomic E-state index is 0.109. The van der Waals surface area contributed by atoms with Crippen molar-refractivity contribution in [3.63, 3.8) is 0 Å². The van der Waals surface area contributed by atoms with Crippen LogP contribution in [0, 0.1) is 0 Å². The van der Waals surface area contributed by atoms with E-state index in [4.69, 9.17) is 4.74 Å². The average Bonchev–Trinajstić information content (AvgIpc) is 2.13. The fourth-order valence-electron chi connectivity index (χ4n) is 0.724. The molecule has 0 aromatic rings. The number of hydrogen-bond acceptors (Lipinski definition) is 2. The molecule has 0 spiro atoms. The van der Waals surface area contributed by atoms with E-state index in [1.807, 2.05) is 0 Å². The molecule has 1 aliphatic rings. The molecule has 0 N–H and O–H groups in total. The molecule has 1 saturated heterocycles. The SMILES string of the molecule is C=CC1CN(C)C(=O)O1. The van der Waals surface area contributed by atoms with E-state index in [1.165, 1.54) is 4.90 Å². The van der Waals surface area contributed by atoms with E-state index in [9.17, 15) is 4.79 Å². The Kier molecular flexibility index (Phi) is 1.42. The normalized spacial score (nSPS) is 26.1. The van der Waals surface area contributed by atoms with Crippen molar-refractivity contribution in [1.82, 2.24) is 4.90 Å². The first-order chi connectivity index (χ1) is 4.24. The molecule has 3 heteroatoms. The highest BCUT2D eigenvalue weighted by Crippen LogP contribution is 2.08. The van der Waals surface area contributed by atoms with Gasteiger partial charge in [-0.15, -0.1) is 0 Å². The van der Waals surface area contributed by atoms with Crippen LogP contribution in [0.5, 0.6) is 0 Å². The van der Waals surface area contributed by atoms with Gasteiger partial charge >= 0.3 is 6.09 Å². The van der Waals surface area contributed by atoms with Gasteiger partial charge < -0.3 is 9.64 Å². The van der Waals surface area contributed by atoms with Crippen LogP contribution in [0.2, 0.25) is 0 Å². The van der Waals surface area contributed by atoms with Gasteiger partial charge in [0.05, 0.1) is 6.54 Å².